The highest BCUT2D eigenvalue weighted by atomic mass is 127. The number of halogens is 1. The molecule has 8 heteroatoms. The maximum atomic E-state index is 12.0. The summed E-state index contributed by atoms with van der Waals surface area (Å²) in [5.74, 6) is 0.647. The molecule has 1 aromatic heterocycles. The number of rotatable bonds is 4. The number of guanidine groups is 1. The molecule has 23 heavy (non-hydrogen) atoms. The number of aromatic nitrogens is 1. The van der Waals surface area contributed by atoms with E-state index in [0.29, 0.717) is 12.5 Å². The van der Waals surface area contributed by atoms with Crippen LogP contribution in [0.4, 0.5) is 0 Å². The molecule has 0 aromatic carbocycles. The van der Waals surface area contributed by atoms with Crippen LogP contribution in [0.5, 0.6) is 0 Å². The zero-order valence-electron chi connectivity index (χ0n) is 15.0. The molecule has 0 aliphatic carbocycles. The smallest absolute Gasteiger partial charge is 0.240 e. The third kappa shape index (κ3) is 7.96. The quantitative estimate of drug-likeness (QED) is 0.417. The topological polar surface area (TPSA) is 69.6 Å². The molecule has 0 aliphatic rings. The lowest BCUT2D eigenvalue weighted by atomic mass is 10.1. The Morgan fingerprint density at radius 2 is 1.96 bits per heavy atom. The Labute approximate surface area is 160 Å². The van der Waals surface area contributed by atoms with Crippen LogP contribution < -0.4 is 10.6 Å². The maximum absolute atomic E-state index is 12.0. The summed E-state index contributed by atoms with van der Waals surface area (Å²) in [7, 11) is 3.55. The zero-order chi connectivity index (χ0) is 16.9. The molecule has 1 amide bonds. The van der Waals surface area contributed by atoms with Gasteiger partial charge in [0.2, 0.25) is 5.91 Å². The third-order valence-corrected chi connectivity index (χ3v) is 4.01. The van der Waals surface area contributed by atoms with Crippen molar-refractivity contribution in [3.8, 4) is 0 Å². The number of hydrogen-bond donors (Lipinski definition) is 2. The molecular weight excluding hydrogens is 425 g/mol. The van der Waals surface area contributed by atoms with Gasteiger partial charge in [-0.25, -0.2) is 4.98 Å². The van der Waals surface area contributed by atoms with Crippen molar-refractivity contribution in [2.75, 3.05) is 20.6 Å². The summed E-state index contributed by atoms with van der Waals surface area (Å²) in [5, 5.41) is 7.20. The number of likely N-dealkylation sites (N-methyl/N-ethyl adjacent to an activating group) is 1. The van der Waals surface area contributed by atoms with Crippen molar-refractivity contribution in [1.29, 1.82) is 0 Å². The van der Waals surface area contributed by atoms with Gasteiger partial charge >= 0.3 is 0 Å². The van der Waals surface area contributed by atoms with Crippen molar-refractivity contribution >= 4 is 47.2 Å². The lowest BCUT2D eigenvalue weighted by molar-refractivity contribution is -0.122. The number of nitrogens with one attached hydrogen (secondary N) is 2. The summed E-state index contributed by atoms with van der Waals surface area (Å²) in [4.78, 5) is 23.7. The highest BCUT2D eigenvalue weighted by Gasteiger charge is 2.17. The van der Waals surface area contributed by atoms with Gasteiger partial charge in [0.25, 0.3) is 0 Å². The van der Waals surface area contributed by atoms with Crippen molar-refractivity contribution in [3.05, 3.63) is 15.6 Å². The molecule has 0 spiro atoms. The van der Waals surface area contributed by atoms with Crippen molar-refractivity contribution in [2.24, 2.45) is 4.99 Å². The molecule has 0 bridgehead atoms. The molecule has 2 N–H and O–H groups in total. The first-order valence-electron chi connectivity index (χ1n) is 7.28. The van der Waals surface area contributed by atoms with E-state index in [0.717, 1.165) is 10.7 Å². The van der Waals surface area contributed by atoms with Gasteiger partial charge in [-0.3, -0.25) is 9.79 Å². The molecule has 0 unspecified atom stereocenters. The average Bonchev–Trinajstić information content (AvgIpc) is 2.66. The van der Waals surface area contributed by atoms with Crippen LogP contribution in [0.25, 0.3) is 0 Å². The fourth-order valence-electron chi connectivity index (χ4n) is 1.90. The van der Waals surface area contributed by atoms with Gasteiger partial charge in [-0.2, -0.15) is 0 Å². The highest BCUT2D eigenvalue weighted by Crippen LogP contribution is 2.15. The predicted octanol–water partition coefficient (Wildman–Crippen LogP) is 2.30. The van der Waals surface area contributed by atoms with Crippen LogP contribution in [0.3, 0.4) is 0 Å². The number of thiazole rings is 1. The molecule has 0 saturated heterocycles. The van der Waals surface area contributed by atoms with E-state index in [4.69, 9.17) is 0 Å². The van der Waals surface area contributed by atoms with E-state index in [1.165, 1.54) is 4.88 Å². The molecule has 1 heterocycles. The third-order valence-electron chi connectivity index (χ3n) is 2.94. The maximum Gasteiger partial charge on any atom is 0.240 e. The molecule has 6 nitrogen and oxygen atoms in total. The van der Waals surface area contributed by atoms with Gasteiger partial charge < -0.3 is 15.5 Å². The Bertz CT molecular complexity index is 531. The summed E-state index contributed by atoms with van der Waals surface area (Å²) in [5.41, 5.74) is 0.833. The Balaban J connectivity index is 0.00000484. The molecule has 0 aliphatic heterocycles. The van der Waals surface area contributed by atoms with Gasteiger partial charge in [-0.05, 0) is 34.6 Å². The first kappa shape index (κ1) is 22.1. The molecule has 1 rings (SSSR count). The Morgan fingerprint density at radius 3 is 2.39 bits per heavy atom. The Hall–Kier alpha value is -0.900. The van der Waals surface area contributed by atoms with E-state index in [2.05, 4.69) is 27.5 Å². The molecule has 132 valence electrons. The number of amides is 1. The summed E-state index contributed by atoms with van der Waals surface area (Å²) in [6, 6.07) is 0. The summed E-state index contributed by atoms with van der Waals surface area (Å²) in [6.45, 7) is 10.8. The van der Waals surface area contributed by atoms with E-state index in [1.54, 1.807) is 23.3 Å². The minimum Gasteiger partial charge on any atom is -0.350 e. The highest BCUT2D eigenvalue weighted by molar-refractivity contribution is 14.0. The molecule has 0 radical (unpaired) electrons. The summed E-state index contributed by atoms with van der Waals surface area (Å²) >= 11 is 1.67. The lowest BCUT2D eigenvalue weighted by Gasteiger charge is -2.25. The van der Waals surface area contributed by atoms with Gasteiger partial charge in [0, 0.05) is 24.5 Å². The number of aliphatic imine (C=N–C) groups is 1. The molecule has 1 aromatic rings. The van der Waals surface area contributed by atoms with Crippen molar-refractivity contribution in [2.45, 2.75) is 46.7 Å². The predicted molar refractivity (Wildman–Crippen MR) is 108 cm³/mol. The van der Waals surface area contributed by atoms with E-state index < -0.39 is 0 Å². The monoisotopic (exact) mass is 453 g/mol. The number of nitrogens with zero attached hydrogens (tertiary/aromatic N) is 3. The first-order valence-corrected chi connectivity index (χ1v) is 8.09. The number of carbonyl (C=O) groups excluding carboxylic acids is 1. The van der Waals surface area contributed by atoms with Crippen molar-refractivity contribution in [1.82, 2.24) is 20.5 Å². The Kier molecular flexibility index (Phi) is 9.04. The Morgan fingerprint density at radius 1 is 1.35 bits per heavy atom. The fourth-order valence-corrected chi connectivity index (χ4v) is 2.78. The molecular formula is C15H28IN5OS. The summed E-state index contributed by atoms with van der Waals surface area (Å²) < 4.78 is 0. The standard InChI is InChI=1S/C15H27N5OS.HI/c1-10-11(2)22-13(18-10)8-17-14(16-6)20(7)9-12(21)19-15(3,4)5;/h8-9H2,1-7H3,(H,16,17)(H,19,21);1H. The minimum atomic E-state index is -0.231. The van der Waals surface area contributed by atoms with Crippen molar-refractivity contribution < 1.29 is 4.79 Å². The van der Waals surface area contributed by atoms with Gasteiger partial charge in [0.15, 0.2) is 5.96 Å². The second kappa shape index (κ2) is 9.41. The second-order valence-electron chi connectivity index (χ2n) is 6.30. The van der Waals surface area contributed by atoms with Gasteiger partial charge in [-0.1, -0.05) is 0 Å². The molecule has 0 saturated carbocycles. The van der Waals surface area contributed by atoms with Crippen LogP contribution in [0.2, 0.25) is 0 Å². The van der Waals surface area contributed by atoms with Crippen LogP contribution in [0.1, 0.15) is 36.3 Å². The second-order valence-corrected chi connectivity index (χ2v) is 7.59. The molecule has 0 fully saturated rings. The van der Waals surface area contributed by atoms with Crippen LogP contribution in [-0.2, 0) is 11.3 Å². The van der Waals surface area contributed by atoms with Gasteiger partial charge in [-0.15, -0.1) is 35.3 Å². The largest absolute Gasteiger partial charge is 0.350 e. The number of hydrogen-bond acceptors (Lipinski definition) is 4. The minimum absolute atomic E-state index is 0. The molecule has 0 atom stereocenters. The number of carbonyl (C=O) groups is 1. The van der Waals surface area contributed by atoms with Crippen LogP contribution in [0.15, 0.2) is 4.99 Å². The fraction of sp³-hybridized carbons (Fsp3) is 0.667. The van der Waals surface area contributed by atoms with Gasteiger partial charge in [0.05, 0.1) is 18.8 Å². The average molecular weight is 453 g/mol. The SMILES string of the molecule is CN=C(NCc1nc(C)c(C)s1)N(C)CC(=O)NC(C)(C)C.I. The van der Waals surface area contributed by atoms with E-state index >= 15 is 0 Å². The first-order chi connectivity index (χ1) is 10.1. The van der Waals surface area contributed by atoms with Crippen LogP contribution >= 0.6 is 35.3 Å². The van der Waals surface area contributed by atoms with E-state index in [-0.39, 0.29) is 42.0 Å². The normalized spacial score (nSPS) is 11.7. The van der Waals surface area contributed by atoms with E-state index in [9.17, 15) is 4.79 Å². The van der Waals surface area contributed by atoms with Crippen molar-refractivity contribution in [3.63, 3.8) is 0 Å². The van der Waals surface area contributed by atoms with Crippen LogP contribution in [0, 0.1) is 13.8 Å². The van der Waals surface area contributed by atoms with Crippen LogP contribution in [-0.4, -0.2) is 47.9 Å². The van der Waals surface area contributed by atoms with Gasteiger partial charge in [0.1, 0.15) is 5.01 Å². The zero-order valence-corrected chi connectivity index (χ0v) is 18.1. The lowest BCUT2D eigenvalue weighted by Crippen LogP contribution is -2.48. The number of aryl methyl sites for hydroxylation is 2. The summed E-state index contributed by atoms with van der Waals surface area (Å²) in [6.07, 6.45) is 0. The van der Waals surface area contributed by atoms with E-state index in [1.807, 2.05) is 34.7 Å².